The molecular formula is C21H39N5O2. The second-order valence-corrected chi connectivity index (χ2v) is 9.34. The summed E-state index contributed by atoms with van der Waals surface area (Å²) in [7, 11) is 3.66. The Kier molecular flexibility index (Phi) is 6.25. The molecule has 160 valence electrons. The number of rotatable bonds is 4. The van der Waals surface area contributed by atoms with Gasteiger partial charge in [0.05, 0.1) is 11.6 Å². The number of nitrogens with zero attached hydrogens (tertiary/aromatic N) is 4. The van der Waals surface area contributed by atoms with Crippen molar-refractivity contribution in [1.29, 1.82) is 0 Å². The van der Waals surface area contributed by atoms with Crippen LogP contribution in [0.25, 0.3) is 0 Å². The fourth-order valence-corrected chi connectivity index (χ4v) is 4.86. The van der Waals surface area contributed by atoms with Crippen LogP contribution in [0.3, 0.4) is 0 Å². The Hall–Kier alpha value is -1.34. The van der Waals surface area contributed by atoms with Crippen LogP contribution in [-0.2, 0) is 9.53 Å². The third kappa shape index (κ3) is 3.75. The maximum Gasteiger partial charge on any atom is 0.239 e. The van der Waals surface area contributed by atoms with E-state index in [9.17, 15) is 4.79 Å². The highest BCUT2D eigenvalue weighted by Crippen LogP contribution is 2.51. The van der Waals surface area contributed by atoms with Gasteiger partial charge in [0.2, 0.25) is 5.91 Å². The van der Waals surface area contributed by atoms with E-state index in [1.165, 1.54) is 0 Å². The van der Waals surface area contributed by atoms with Gasteiger partial charge in [-0.2, -0.15) is 0 Å². The highest BCUT2D eigenvalue weighted by Gasteiger charge is 2.58. The topological polar surface area (TPSA) is 60.4 Å². The minimum atomic E-state index is -0.0897. The standard InChI is InChI=1S/C21H39N5O2/c1-16(18(27)25-9-7-8-10-25)24-11-13-26(14-12-24)19(22-5)23-17-15-21(4,28-6)20(17,2)3/h16-17H,7-15H2,1-6H3,(H,22,23). The monoisotopic (exact) mass is 393 g/mol. The largest absolute Gasteiger partial charge is 0.378 e. The molecule has 1 N–H and O–H groups in total. The third-order valence-corrected chi connectivity index (χ3v) is 7.73. The van der Waals surface area contributed by atoms with E-state index in [0.29, 0.717) is 11.9 Å². The second kappa shape index (κ2) is 8.19. The van der Waals surface area contributed by atoms with Crippen molar-refractivity contribution in [3.63, 3.8) is 0 Å². The number of carbonyl (C=O) groups excluding carboxylic acids is 1. The first-order chi connectivity index (χ1) is 13.2. The molecule has 0 aromatic rings. The molecule has 3 aliphatic rings. The first-order valence-corrected chi connectivity index (χ1v) is 10.8. The molecule has 2 heterocycles. The van der Waals surface area contributed by atoms with Gasteiger partial charge >= 0.3 is 0 Å². The smallest absolute Gasteiger partial charge is 0.239 e. The van der Waals surface area contributed by atoms with Crippen LogP contribution in [0.15, 0.2) is 4.99 Å². The fourth-order valence-electron chi connectivity index (χ4n) is 4.86. The van der Waals surface area contributed by atoms with E-state index in [2.05, 4.69) is 47.8 Å². The first kappa shape index (κ1) is 21.4. The van der Waals surface area contributed by atoms with Crippen LogP contribution < -0.4 is 5.32 Å². The van der Waals surface area contributed by atoms with Crippen molar-refractivity contribution in [3.05, 3.63) is 0 Å². The highest BCUT2D eigenvalue weighted by atomic mass is 16.5. The summed E-state index contributed by atoms with van der Waals surface area (Å²) in [6, 6.07) is 0.327. The van der Waals surface area contributed by atoms with Gasteiger partial charge in [0, 0.05) is 64.9 Å². The van der Waals surface area contributed by atoms with Gasteiger partial charge in [-0.3, -0.25) is 14.7 Å². The average molecular weight is 394 g/mol. The molecule has 3 unspecified atom stereocenters. The Balaban J connectivity index is 1.51. The number of hydrogen-bond donors (Lipinski definition) is 1. The number of nitrogens with one attached hydrogen (secondary N) is 1. The van der Waals surface area contributed by atoms with E-state index in [0.717, 1.165) is 64.5 Å². The van der Waals surface area contributed by atoms with Crippen LogP contribution in [0.5, 0.6) is 0 Å². The van der Waals surface area contributed by atoms with Gasteiger partial charge in [-0.05, 0) is 33.1 Å². The van der Waals surface area contributed by atoms with Crippen molar-refractivity contribution >= 4 is 11.9 Å². The first-order valence-electron chi connectivity index (χ1n) is 10.8. The van der Waals surface area contributed by atoms with Crippen molar-refractivity contribution in [2.75, 3.05) is 53.4 Å². The number of ether oxygens (including phenoxy) is 1. The molecule has 1 saturated carbocycles. The molecule has 28 heavy (non-hydrogen) atoms. The normalized spacial score (nSPS) is 32.2. The molecule has 0 radical (unpaired) electrons. The molecule has 7 heteroatoms. The van der Waals surface area contributed by atoms with E-state index >= 15 is 0 Å². The number of methoxy groups -OCH3 is 1. The lowest BCUT2D eigenvalue weighted by Gasteiger charge is -2.59. The van der Waals surface area contributed by atoms with Crippen molar-refractivity contribution in [3.8, 4) is 0 Å². The van der Waals surface area contributed by atoms with Crippen molar-refractivity contribution in [1.82, 2.24) is 20.0 Å². The van der Waals surface area contributed by atoms with E-state index in [1.54, 1.807) is 7.11 Å². The predicted octanol–water partition coefficient (Wildman–Crippen LogP) is 1.39. The summed E-state index contributed by atoms with van der Waals surface area (Å²) in [4.78, 5) is 23.9. The summed E-state index contributed by atoms with van der Waals surface area (Å²) in [6.07, 6.45) is 3.28. The quantitative estimate of drug-likeness (QED) is 0.578. The number of aliphatic imine (C=N–C) groups is 1. The lowest BCUT2D eigenvalue weighted by molar-refractivity contribution is -0.177. The zero-order valence-electron chi connectivity index (χ0n) is 18.6. The third-order valence-electron chi connectivity index (χ3n) is 7.73. The van der Waals surface area contributed by atoms with E-state index in [-0.39, 0.29) is 17.1 Å². The Bertz CT molecular complexity index is 594. The summed E-state index contributed by atoms with van der Waals surface area (Å²) in [6.45, 7) is 14.2. The fraction of sp³-hybridized carbons (Fsp3) is 0.905. The Labute approximate surface area is 170 Å². The van der Waals surface area contributed by atoms with Gasteiger partial charge < -0.3 is 19.9 Å². The number of piperazine rings is 1. The summed E-state index contributed by atoms with van der Waals surface area (Å²) in [5, 5.41) is 3.67. The Morgan fingerprint density at radius 1 is 1.07 bits per heavy atom. The van der Waals surface area contributed by atoms with Gasteiger partial charge in [-0.1, -0.05) is 13.8 Å². The molecule has 0 aromatic heterocycles. The van der Waals surface area contributed by atoms with Crippen molar-refractivity contribution in [2.24, 2.45) is 10.4 Å². The summed E-state index contributed by atoms with van der Waals surface area (Å²) in [5.74, 6) is 1.26. The van der Waals surface area contributed by atoms with Gasteiger partial charge in [0.25, 0.3) is 0 Å². The van der Waals surface area contributed by atoms with Gasteiger partial charge in [0.15, 0.2) is 5.96 Å². The number of amides is 1. The van der Waals surface area contributed by atoms with Crippen LogP contribution >= 0.6 is 0 Å². The van der Waals surface area contributed by atoms with E-state index in [1.807, 2.05) is 11.9 Å². The molecule has 2 saturated heterocycles. The number of carbonyl (C=O) groups is 1. The molecule has 0 aromatic carbocycles. The van der Waals surface area contributed by atoms with Crippen molar-refractivity contribution in [2.45, 2.75) is 64.6 Å². The molecule has 7 nitrogen and oxygen atoms in total. The molecule has 0 spiro atoms. The molecule has 1 aliphatic carbocycles. The SMILES string of the molecule is CN=C(NC1CC(C)(OC)C1(C)C)N1CCN(C(C)C(=O)N2CCCC2)CC1. The summed E-state index contributed by atoms with van der Waals surface area (Å²) < 4.78 is 5.75. The van der Waals surface area contributed by atoms with Crippen LogP contribution in [0.4, 0.5) is 0 Å². The summed E-state index contributed by atoms with van der Waals surface area (Å²) in [5.41, 5.74) is -0.0379. The molecule has 0 bridgehead atoms. The Morgan fingerprint density at radius 3 is 2.18 bits per heavy atom. The molecule has 3 atom stereocenters. The van der Waals surface area contributed by atoms with Gasteiger partial charge in [0.1, 0.15) is 0 Å². The van der Waals surface area contributed by atoms with Gasteiger partial charge in [-0.25, -0.2) is 0 Å². The van der Waals surface area contributed by atoms with Crippen LogP contribution in [0.2, 0.25) is 0 Å². The lowest BCUT2D eigenvalue weighted by Crippen LogP contribution is -2.70. The zero-order chi connectivity index (χ0) is 20.5. The average Bonchev–Trinajstić information content (AvgIpc) is 3.24. The van der Waals surface area contributed by atoms with E-state index in [4.69, 9.17) is 4.74 Å². The zero-order valence-corrected chi connectivity index (χ0v) is 18.6. The van der Waals surface area contributed by atoms with Crippen LogP contribution in [-0.4, -0.2) is 97.7 Å². The maximum atomic E-state index is 12.7. The maximum absolute atomic E-state index is 12.7. The van der Waals surface area contributed by atoms with Crippen LogP contribution in [0, 0.1) is 5.41 Å². The highest BCUT2D eigenvalue weighted by molar-refractivity contribution is 5.82. The van der Waals surface area contributed by atoms with Gasteiger partial charge in [-0.15, -0.1) is 0 Å². The molecular weight excluding hydrogens is 354 g/mol. The summed E-state index contributed by atoms with van der Waals surface area (Å²) >= 11 is 0. The number of guanidine groups is 1. The molecule has 2 aliphatic heterocycles. The Morgan fingerprint density at radius 2 is 1.68 bits per heavy atom. The number of likely N-dealkylation sites (tertiary alicyclic amines) is 1. The molecule has 3 fully saturated rings. The van der Waals surface area contributed by atoms with Crippen LogP contribution in [0.1, 0.15) is 47.0 Å². The van der Waals surface area contributed by atoms with Crippen molar-refractivity contribution < 1.29 is 9.53 Å². The lowest BCUT2D eigenvalue weighted by atomic mass is 9.56. The predicted molar refractivity (Wildman–Crippen MR) is 113 cm³/mol. The molecule has 3 rings (SSSR count). The number of hydrogen-bond acceptors (Lipinski definition) is 4. The minimum Gasteiger partial charge on any atom is -0.378 e. The molecule has 1 amide bonds. The van der Waals surface area contributed by atoms with E-state index < -0.39 is 0 Å². The minimum absolute atomic E-state index is 0.0248. The second-order valence-electron chi connectivity index (χ2n) is 9.34.